The molecular formula is C2H7BN2+. The minimum Gasteiger partial charge on any atom is -0.492 e. The molecule has 0 bridgehead atoms. The summed E-state index contributed by atoms with van der Waals surface area (Å²) in [4.78, 5) is 0. The lowest BCUT2D eigenvalue weighted by Crippen LogP contribution is -2.83. The molecule has 0 aliphatic rings. The molecule has 2 N–H and O–H groups in total. The van der Waals surface area contributed by atoms with Crippen molar-refractivity contribution in [1.29, 1.82) is 0 Å². The summed E-state index contributed by atoms with van der Waals surface area (Å²) in [6, 6.07) is 0. The Hall–Kier alpha value is -0.395. The van der Waals surface area contributed by atoms with E-state index in [0.29, 0.717) is 0 Å². The van der Waals surface area contributed by atoms with E-state index >= 15 is 0 Å². The highest BCUT2D eigenvalue weighted by Crippen LogP contribution is 1.06. The first-order chi connectivity index (χ1) is 2.41. The van der Waals surface area contributed by atoms with Crippen molar-refractivity contribution in [3.63, 3.8) is 0 Å². The Bertz CT molecular complexity index is 28.8. The molecule has 0 aromatic rings. The van der Waals surface area contributed by atoms with Gasteiger partial charge in [0.15, 0.2) is 6.11 Å². The van der Waals surface area contributed by atoms with E-state index in [1.807, 2.05) is 12.3 Å². The van der Waals surface area contributed by atoms with Crippen LogP contribution in [0.2, 0.25) is 0 Å². The number of rotatable bonds is 2. The van der Waals surface area contributed by atoms with Gasteiger partial charge in [-0.15, -0.1) is 0 Å². The van der Waals surface area contributed by atoms with E-state index < -0.39 is 0 Å². The standard InChI is InChI=1S/C2H7BN2/c1-5-3-2-4/h3,5H2,1H3/q+1. The first-order valence-electron chi connectivity index (χ1n) is 1.88. The van der Waals surface area contributed by atoms with Crippen LogP contribution in [-0.4, -0.2) is 20.6 Å². The van der Waals surface area contributed by atoms with E-state index in [2.05, 4.69) is 6.11 Å². The summed E-state index contributed by atoms with van der Waals surface area (Å²) < 4.78 is 0. The van der Waals surface area contributed by atoms with Crippen LogP contribution in [0.15, 0.2) is 0 Å². The molecule has 0 aromatic heterocycles. The van der Waals surface area contributed by atoms with Gasteiger partial charge in [-0.05, 0) is 0 Å². The van der Waals surface area contributed by atoms with Gasteiger partial charge in [0.25, 0.3) is 0 Å². The van der Waals surface area contributed by atoms with Gasteiger partial charge in [-0.2, -0.15) is 0 Å². The van der Waals surface area contributed by atoms with Crippen molar-refractivity contribution in [3.05, 3.63) is 0 Å². The molecule has 0 saturated heterocycles. The maximum absolute atomic E-state index is 7.84. The molecule has 0 fully saturated rings. The van der Waals surface area contributed by atoms with E-state index in [9.17, 15) is 0 Å². The summed E-state index contributed by atoms with van der Waals surface area (Å²) in [6.45, 7) is 0. The molecular weight excluding hydrogens is 62.8 g/mol. The van der Waals surface area contributed by atoms with Gasteiger partial charge >= 0.3 is 7.41 Å². The molecule has 0 saturated carbocycles. The molecule has 0 amide bonds. The quantitative estimate of drug-likeness (QED) is 0.204. The molecule has 3 heteroatoms. The molecule has 0 spiro atoms. The lowest BCUT2D eigenvalue weighted by molar-refractivity contribution is -0.475. The van der Waals surface area contributed by atoms with Crippen LogP contribution in [0.1, 0.15) is 0 Å². The molecule has 2 nitrogen and oxygen atoms in total. The van der Waals surface area contributed by atoms with Crippen molar-refractivity contribution in [1.82, 2.24) is 5.41 Å². The Labute approximate surface area is 32.3 Å². The molecule has 0 rings (SSSR count). The zero-order valence-corrected chi connectivity index (χ0v) is 3.52. The van der Waals surface area contributed by atoms with Crippen molar-refractivity contribution in [2.24, 2.45) is 0 Å². The average Bonchev–Trinajstić information content (AvgIpc) is 1.41. The second-order valence-corrected chi connectivity index (χ2v) is 1.09. The maximum Gasteiger partial charge on any atom is 0.482 e. The van der Waals surface area contributed by atoms with Crippen LogP contribution < -0.4 is 10.6 Å². The largest absolute Gasteiger partial charge is 0.492 e. The number of hydrogen-bond donors (Lipinski definition) is 1. The van der Waals surface area contributed by atoms with Crippen LogP contribution in [-0.2, 0) is 0 Å². The molecule has 0 aliphatic heterocycles. The molecule has 5 heavy (non-hydrogen) atoms. The van der Waals surface area contributed by atoms with Gasteiger partial charge < -0.3 is 5.23 Å². The van der Waals surface area contributed by atoms with Gasteiger partial charge in [-0.25, -0.2) is 0 Å². The Morgan fingerprint density at radius 3 is 2.60 bits per heavy atom. The maximum atomic E-state index is 7.84. The Balaban J connectivity index is 2.40. The van der Waals surface area contributed by atoms with Crippen molar-refractivity contribution in [3.8, 4) is 0 Å². The molecule has 0 atom stereocenters. The van der Waals surface area contributed by atoms with Crippen molar-refractivity contribution < 1.29 is 5.23 Å². The number of quaternary nitrogens is 1. The van der Waals surface area contributed by atoms with E-state index in [0.717, 1.165) is 0 Å². The van der Waals surface area contributed by atoms with Crippen molar-refractivity contribution >= 4 is 13.5 Å². The van der Waals surface area contributed by atoms with Crippen LogP contribution in [0, 0.1) is 0 Å². The topological polar surface area (TPSA) is 38.9 Å². The zero-order chi connectivity index (χ0) is 4.12. The Morgan fingerprint density at radius 1 is 2.00 bits per heavy atom. The van der Waals surface area contributed by atoms with Gasteiger partial charge in [0, 0.05) is 7.05 Å². The molecule has 1 radical (unpaired) electrons. The van der Waals surface area contributed by atoms with Gasteiger partial charge in [0.05, 0.1) is 0 Å². The highest BCUT2D eigenvalue weighted by molar-refractivity contribution is 6.59. The van der Waals surface area contributed by atoms with Gasteiger partial charge in [-0.1, -0.05) is 0 Å². The predicted octanol–water partition coefficient (Wildman–Crippen LogP) is -3.03. The Morgan fingerprint density at radius 2 is 2.60 bits per heavy atom. The van der Waals surface area contributed by atoms with E-state index in [-0.39, 0.29) is 7.41 Å². The second-order valence-electron chi connectivity index (χ2n) is 1.09. The van der Waals surface area contributed by atoms with Crippen molar-refractivity contribution in [2.75, 3.05) is 7.05 Å². The fourth-order valence-electron chi connectivity index (χ4n) is 0.129. The summed E-state index contributed by atoms with van der Waals surface area (Å²) in [5.74, 6) is 0. The lowest BCUT2D eigenvalue weighted by Gasteiger charge is -1.70. The SMILES string of the molecule is C[NH2+][BH2-][C+]=[N]. The normalized spacial score (nSPS) is 6.60. The van der Waals surface area contributed by atoms with Gasteiger partial charge in [0.1, 0.15) is 5.41 Å². The summed E-state index contributed by atoms with van der Waals surface area (Å²) in [6.07, 6.45) is 2.09. The number of hydrogen-bond acceptors (Lipinski definition) is 0. The molecule has 0 heterocycles. The summed E-state index contributed by atoms with van der Waals surface area (Å²) in [5, 5.41) is 9.78. The molecule has 0 aliphatic carbocycles. The minimum atomic E-state index is -0.292. The third-order valence-electron chi connectivity index (χ3n) is 0.418. The zero-order valence-electron chi connectivity index (χ0n) is 3.52. The van der Waals surface area contributed by atoms with Crippen LogP contribution in [0.5, 0.6) is 0 Å². The molecule has 27 valence electrons. The predicted molar refractivity (Wildman–Crippen MR) is 23.5 cm³/mol. The minimum absolute atomic E-state index is 0.292. The van der Waals surface area contributed by atoms with Crippen LogP contribution >= 0.6 is 0 Å². The average molecular weight is 69.9 g/mol. The highest BCUT2D eigenvalue weighted by atomic mass is 14.7. The van der Waals surface area contributed by atoms with Crippen LogP contribution in [0.4, 0.5) is 0 Å². The van der Waals surface area contributed by atoms with E-state index in [4.69, 9.17) is 5.41 Å². The lowest BCUT2D eigenvalue weighted by atomic mass is 10.00. The highest BCUT2D eigenvalue weighted by Gasteiger charge is 1.81. The van der Waals surface area contributed by atoms with E-state index in [1.165, 1.54) is 0 Å². The summed E-state index contributed by atoms with van der Waals surface area (Å²) in [7, 11) is 1.63. The van der Waals surface area contributed by atoms with Gasteiger partial charge in [-0.3, -0.25) is 0 Å². The summed E-state index contributed by atoms with van der Waals surface area (Å²) in [5.41, 5.74) is 0. The second kappa shape index (κ2) is 3.60. The molecule has 0 unspecified atom stereocenters. The monoisotopic (exact) mass is 70.1 g/mol. The first-order valence-corrected chi connectivity index (χ1v) is 1.88. The smallest absolute Gasteiger partial charge is 0.482 e. The third-order valence-corrected chi connectivity index (χ3v) is 0.418. The fraction of sp³-hybridized carbons (Fsp3) is 0.500. The fourth-order valence-corrected chi connectivity index (χ4v) is 0.129. The molecule has 0 aromatic carbocycles. The van der Waals surface area contributed by atoms with Crippen LogP contribution in [0.25, 0.3) is 0 Å². The van der Waals surface area contributed by atoms with E-state index in [1.54, 1.807) is 0 Å². The first kappa shape index (κ1) is 4.60. The number of nitrogens with zero attached hydrogens (tertiary/aromatic N) is 1. The van der Waals surface area contributed by atoms with Gasteiger partial charge in [0.2, 0.25) is 0 Å². The Kier molecular flexibility index (Phi) is 3.32. The third kappa shape index (κ3) is 3.60. The van der Waals surface area contributed by atoms with Crippen LogP contribution in [0.3, 0.4) is 0 Å². The van der Waals surface area contributed by atoms with Crippen molar-refractivity contribution in [2.45, 2.75) is 0 Å². The summed E-state index contributed by atoms with van der Waals surface area (Å²) >= 11 is 0. The number of nitrogens with two attached hydrogens (primary N) is 1.